The number of nitrogens with one attached hydrogen (secondary N) is 1. The van der Waals surface area contributed by atoms with Crippen LogP contribution in [0.15, 0.2) is 24.3 Å². The van der Waals surface area contributed by atoms with E-state index in [1.54, 1.807) is 0 Å². The summed E-state index contributed by atoms with van der Waals surface area (Å²) in [6.07, 6.45) is 4.63. The van der Waals surface area contributed by atoms with Crippen LogP contribution in [0.3, 0.4) is 0 Å². The zero-order valence-corrected chi connectivity index (χ0v) is 8.49. The van der Waals surface area contributed by atoms with Crippen molar-refractivity contribution in [2.75, 3.05) is 6.54 Å². The van der Waals surface area contributed by atoms with E-state index in [-0.39, 0.29) is 6.23 Å². The minimum Gasteiger partial charge on any atom is -0.475 e. The fourth-order valence-electron chi connectivity index (χ4n) is 1.55. The van der Waals surface area contributed by atoms with Gasteiger partial charge in [0.2, 0.25) is 0 Å². The largest absolute Gasteiger partial charge is 0.475 e. The van der Waals surface area contributed by atoms with E-state index >= 15 is 0 Å². The molecule has 1 N–H and O–H groups in total. The third-order valence-electron chi connectivity index (χ3n) is 2.39. The Kier molecular flexibility index (Phi) is 3.04. The maximum atomic E-state index is 5.74. The zero-order chi connectivity index (χ0) is 9.80. The molecule has 2 rings (SSSR count). The van der Waals surface area contributed by atoms with Gasteiger partial charge in [0.05, 0.1) is 0 Å². The average Bonchev–Trinajstić information content (AvgIpc) is 2.23. The lowest BCUT2D eigenvalue weighted by molar-refractivity contribution is 0.176. The summed E-state index contributed by atoms with van der Waals surface area (Å²) in [6.45, 7) is 3.13. The first kappa shape index (κ1) is 9.53. The highest BCUT2D eigenvalue weighted by Gasteiger charge is 2.13. The van der Waals surface area contributed by atoms with Gasteiger partial charge in [-0.2, -0.15) is 0 Å². The number of aryl methyl sites for hydroxylation is 1. The van der Waals surface area contributed by atoms with Crippen molar-refractivity contribution in [2.45, 2.75) is 26.0 Å². The van der Waals surface area contributed by atoms with Gasteiger partial charge in [-0.3, -0.25) is 5.32 Å². The number of ether oxygens (including phenoxy) is 1. The van der Waals surface area contributed by atoms with Crippen molar-refractivity contribution >= 4 is 0 Å². The summed E-state index contributed by atoms with van der Waals surface area (Å²) in [5, 5.41) is 3.30. The minimum absolute atomic E-state index is 0.0893. The highest BCUT2D eigenvalue weighted by molar-refractivity contribution is 5.26. The van der Waals surface area contributed by atoms with Crippen LogP contribution >= 0.6 is 0 Å². The van der Waals surface area contributed by atoms with E-state index in [9.17, 15) is 0 Å². The molecule has 2 nitrogen and oxygen atoms in total. The van der Waals surface area contributed by atoms with Crippen LogP contribution in [0.5, 0.6) is 5.75 Å². The van der Waals surface area contributed by atoms with E-state index in [4.69, 9.17) is 4.74 Å². The monoisotopic (exact) mass is 190 g/mol. The van der Waals surface area contributed by atoms with Gasteiger partial charge in [0, 0.05) is 6.42 Å². The third kappa shape index (κ3) is 2.48. The SMILES string of the molecule is Cc1ccc(OC2[CH]CCCN2)cc1. The summed E-state index contributed by atoms with van der Waals surface area (Å²) >= 11 is 0. The van der Waals surface area contributed by atoms with Gasteiger partial charge in [-0.25, -0.2) is 0 Å². The van der Waals surface area contributed by atoms with Gasteiger partial charge in [0.25, 0.3) is 0 Å². The molecule has 1 saturated heterocycles. The summed E-state index contributed by atoms with van der Waals surface area (Å²) in [6, 6.07) is 8.16. The highest BCUT2D eigenvalue weighted by atomic mass is 16.5. The predicted octanol–water partition coefficient (Wildman–Crippen LogP) is 2.29. The fourth-order valence-corrected chi connectivity index (χ4v) is 1.55. The lowest BCUT2D eigenvalue weighted by atomic mass is 10.1. The lowest BCUT2D eigenvalue weighted by Gasteiger charge is -2.24. The molecule has 14 heavy (non-hydrogen) atoms. The van der Waals surface area contributed by atoms with Crippen LogP contribution < -0.4 is 10.1 Å². The predicted molar refractivity (Wildman–Crippen MR) is 57.1 cm³/mol. The van der Waals surface area contributed by atoms with Crippen LogP contribution in [-0.4, -0.2) is 12.8 Å². The van der Waals surface area contributed by atoms with Crippen LogP contribution in [-0.2, 0) is 0 Å². The summed E-state index contributed by atoms with van der Waals surface area (Å²) in [5.41, 5.74) is 1.26. The Morgan fingerprint density at radius 3 is 2.71 bits per heavy atom. The number of hydrogen-bond donors (Lipinski definition) is 1. The topological polar surface area (TPSA) is 21.3 Å². The van der Waals surface area contributed by atoms with Gasteiger partial charge in [0.1, 0.15) is 5.75 Å². The van der Waals surface area contributed by atoms with Gasteiger partial charge in [0.15, 0.2) is 6.23 Å². The van der Waals surface area contributed by atoms with Crippen LogP contribution in [0.1, 0.15) is 18.4 Å². The lowest BCUT2D eigenvalue weighted by Crippen LogP contribution is -2.38. The molecule has 1 aromatic rings. The maximum Gasteiger partial charge on any atom is 0.153 e. The third-order valence-corrected chi connectivity index (χ3v) is 2.39. The Morgan fingerprint density at radius 2 is 2.07 bits per heavy atom. The summed E-state index contributed by atoms with van der Waals surface area (Å²) in [5.74, 6) is 0.936. The molecular weight excluding hydrogens is 174 g/mol. The molecule has 1 fully saturated rings. The smallest absolute Gasteiger partial charge is 0.153 e. The molecule has 0 amide bonds. The molecule has 0 aliphatic carbocycles. The molecular formula is C12H16NO. The molecule has 1 aliphatic rings. The summed E-state index contributed by atoms with van der Waals surface area (Å²) in [4.78, 5) is 0. The molecule has 2 heteroatoms. The van der Waals surface area contributed by atoms with E-state index in [2.05, 4.69) is 30.8 Å². The molecule has 0 aromatic heterocycles. The van der Waals surface area contributed by atoms with Crippen molar-refractivity contribution in [2.24, 2.45) is 0 Å². The molecule has 1 atom stereocenters. The number of rotatable bonds is 2. The molecule has 0 spiro atoms. The molecule has 0 bridgehead atoms. The van der Waals surface area contributed by atoms with Crippen molar-refractivity contribution < 1.29 is 4.74 Å². The Labute approximate surface area is 85.3 Å². The van der Waals surface area contributed by atoms with Crippen LogP contribution in [0.25, 0.3) is 0 Å². The number of hydrogen-bond acceptors (Lipinski definition) is 2. The minimum atomic E-state index is 0.0893. The standard InChI is InChI=1S/C12H16NO/c1-10-5-7-11(8-6-10)14-12-4-2-3-9-13-12/h4-8,12-13H,2-3,9H2,1H3. The van der Waals surface area contributed by atoms with Gasteiger partial charge in [-0.05, 0) is 38.4 Å². The average molecular weight is 190 g/mol. The molecule has 1 heterocycles. The van der Waals surface area contributed by atoms with E-state index in [1.807, 2.05) is 12.1 Å². The Balaban J connectivity index is 1.92. The number of benzene rings is 1. The molecule has 75 valence electrons. The van der Waals surface area contributed by atoms with Gasteiger partial charge in [-0.1, -0.05) is 17.7 Å². The first-order valence-electron chi connectivity index (χ1n) is 5.15. The Hall–Kier alpha value is -1.02. The second kappa shape index (κ2) is 4.47. The van der Waals surface area contributed by atoms with E-state index in [1.165, 1.54) is 12.0 Å². The Morgan fingerprint density at radius 1 is 1.29 bits per heavy atom. The van der Waals surface area contributed by atoms with E-state index in [0.29, 0.717) is 0 Å². The van der Waals surface area contributed by atoms with Gasteiger partial charge in [-0.15, -0.1) is 0 Å². The maximum absolute atomic E-state index is 5.74. The van der Waals surface area contributed by atoms with Crippen LogP contribution in [0.2, 0.25) is 0 Å². The summed E-state index contributed by atoms with van der Waals surface area (Å²) in [7, 11) is 0. The van der Waals surface area contributed by atoms with Gasteiger partial charge >= 0.3 is 0 Å². The van der Waals surface area contributed by atoms with Crippen LogP contribution in [0.4, 0.5) is 0 Å². The fraction of sp³-hybridized carbons (Fsp3) is 0.417. The molecule has 1 aliphatic heterocycles. The first-order valence-corrected chi connectivity index (χ1v) is 5.15. The normalized spacial score (nSPS) is 21.9. The van der Waals surface area contributed by atoms with E-state index in [0.717, 1.165) is 18.7 Å². The van der Waals surface area contributed by atoms with Crippen molar-refractivity contribution in [3.05, 3.63) is 36.2 Å². The molecule has 1 radical (unpaired) electrons. The molecule has 1 aromatic carbocycles. The van der Waals surface area contributed by atoms with E-state index < -0.39 is 0 Å². The second-order valence-corrected chi connectivity index (χ2v) is 3.68. The molecule has 0 saturated carbocycles. The number of piperidine rings is 1. The molecule has 1 unspecified atom stereocenters. The van der Waals surface area contributed by atoms with Crippen LogP contribution in [0, 0.1) is 13.3 Å². The zero-order valence-electron chi connectivity index (χ0n) is 8.49. The van der Waals surface area contributed by atoms with Crippen molar-refractivity contribution in [3.63, 3.8) is 0 Å². The summed E-state index contributed by atoms with van der Waals surface area (Å²) < 4.78 is 5.74. The quantitative estimate of drug-likeness (QED) is 0.772. The Bertz CT molecular complexity index is 275. The second-order valence-electron chi connectivity index (χ2n) is 3.68. The van der Waals surface area contributed by atoms with Gasteiger partial charge < -0.3 is 4.74 Å². The first-order chi connectivity index (χ1) is 6.84. The van der Waals surface area contributed by atoms with Crippen molar-refractivity contribution in [1.82, 2.24) is 5.32 Å². The highest BCUT2D eigenvalue weighted by Crippen LogP contribution is 2.15. The van der Waals surface area contributed by atoms with Crippen molar-refractivity contribution in [3.8, 4) is 5.75 Å². The van der Waals surface area contributed by atoms with Crippen molar-refractivity contribution in [1.29, 1.82) is 0 Å².